The lowest BCUT2D eigenvalue weighted by molar-refractivity contribution is 0.0899. The lowest BCUT2D eigenvalue weighted by atomic mass is 10.0. The average molecular weight is 247 g/mol. The summed E-state index contributed by atoms with van der Waals surface area (Å²) < 4.78 is 0. The minimum absolute atomic E-state index is 0.382. The lowest BCUT2D eigenvalue weighted by Crippen LogP contribution is -2.51. The summed E-state index contributed by atoms with van der Waals surface area (Å²) in [6.07, 6.45) is 0. The van der Waals surface area contributed by atoms with Crippen LogP contribution in [0.2, 0.25) is 0 Å². The van der Waals surface area contributed by atoms with E-state index in [9.17, 15) is 0 Å². The van der Waals surface area contributed by atoms with Crippen LogP contribution in [0.5, 0.6) is 0 Å². The number of nitrogens with one attached hydrogen (secondary N) is 1. The fourth-order valence-electron chi connectivity index (χ4n) is 2.32. The van der Waals surface area contributed by atoms with Crippen LogP contribution < -0.4 is 5.43 Å². The monoisotopic (exact) mass is 247 g/mol. The first-order valence-corrected chi connectivity index (χ1v) is 6.83. The van der Waals surface area contributed by atoms with E-state index >= 15 is 0 Å². The molecule has 0 bridgehead atoms. The molecule has 18 heavy (non-hydrogen) atoms. The molecule has 1 heterocycles. The molecular formula is C15H25N3. The van der Waals surface area contributed by atoms with Crippen LogP contribution >= 0.6 is 0 Å². The zero-order valence-corrected chi connectivity index (χ0v) is 12.0. The Morgan fingerprint density at radius 3 is 2.33 bits per heavy atom. The Labute approximate surface area is 111 Å². The molecule has 1 N–H and O–H groups in total. The van der Waals surface area contributed by atoms with Crippen LogP contribution in [0.3, 0.4) is 0 Å². The van der Waals surface area contributed by atoms with E-state index in [0.29, 0.717) is 6.04 Å². The van der Waals surface area contributed by atoms with Gasteiger partial charge in [-0.3, -0.25) is 0 Å². The quantitative estimate of drug-likeness (QED) is 0.882. The van der Waals surface area contributed by atoms with Crippen molar-refractivity contribution in [3.8, 4) is 0 Å². The fourth-order valence-corrected chi connectivity index (χ4v) is 2.32. The highest BCUT2D eigenvalue weighted by Gasteiger charge is 2.16. The molecule has 1 atom stereocenters. The highest BCUT2D eigenvalue weighted by molar-refractivity contribution is 5.31. The van der Waals surface area contributed by atoms with Gasteiger partial charge in [-0.2, -0.15) is 0 Å². The number of hydrogen-bond acceptors (Lipinski definition) is 3. The van der Waals surface area contributed by atoms with Gasteiger partial charge in [0.1, 0.15) is 0 Å². The normalized spacial score (nSPS) is 20.0. The number of piperazine rings is 1. The van der Waals surface area contributed by atoms with Crippen molar-refractivity contribution in [2.75, 3.05) is 33.2 Å². The predicted octanol–water partition coefficient (Wildman–Crippen LogP) is 2.12. The van der Waals surface area contributed by atoms with Crippen molar-refractivity contribution < 1.29 is 0 Å². The van der Waals surface area contributed by atoms with E-state index in [2.05, 4.69) is 61.4 Å². The summed E-state index contributed by atoms with van der Waals surface area (Å²) in [5.74, 6) is 0. The Balaban J connectivity index is 1.94. The van der Waals surface area contributed by atoms with Crippen LogP contribution in [-0.4, -0.2) is 43.1 Å². The van der Waals surface area contributed by atoms with Crippen molar-refractivity contribution in [3.63, 3.8) is 0 Å². The Morgan fingerprint density at radius 2 is 1.72 bits per heavy atom. The Kier molecular flexibility index (Phi) is 4.38. The van der Waals surface area contributed by atoms with E-state index in [-0.39, 0.29) is 0 Å². The maximum Gasteiger partial charge on any atom is 0.0436 e. The second-order valence-corrected chi connectivity index (χ2v) is 5.48. The molecule has 1 saturated heterocycles. The van der Waals surface area contributed by atoms with Gasteiger partial charge in [0.15, 0.2) is 0 Å². The van der Waals surface area contributed by atoms with Gasteiger partial charge in [-0.25, -0.2) is 10.4 Å². The topological polar surface area (TPSA) is 18.5 Å². The molecule has 1 unspecified atom stereocenters. The molecule has 0 aromatic heterocycles. The van der Waals surface area contributed by atoms with E-state index in [1.165, 1.54) is 16.7 Å². The number of rotatable bonds is 3. The largest absolute Gasteiger partial charge is 0.304 e. The van der Waals surface area contributed by atoms with E-state index < -0.39 is 0 Å². The summed E-state index contributed by atoms with van der Waals surface area (Å²) in [6.45, 7) is 11.1. The third-order valence-corrected chi connectivity index (χ3v) is 3.91. The molecule has 0 spiro atoms. The van der Waals surface area contributed by atoms with Gasteiger partial charge in [0.25, 0.3) is 0 Å². The number of likely N-dealkylation sites (N-methyl/N-ethyl adjacent to an activating group) is 1. The number of benzene rings is 1. The SMILES string of the molecule is Cc1ccc(C(C)NN2CCN(C)CC2)cc1C. The first kappa shape index (κ1) is 13.5. The third-order valence-electron chi connectivity index (χ3n) is 3.91. The third kappa shape index (κ3) is 3.31. The predicted molar refractivity (Wildman–Crippen MR) is 76.5 cm³/mol. The van der Waals surface area contributed by atoms with Gasteiger partial charge in [0.2, 0.25) is 0 Å². The summed E-state index contributed by atoms with van der Waals surface area (Å²) in [6, 6.07) is 7.12. The van der Waals surface area contributed by atoms with Crippen LogP contribution in [0.25, 0.3) is 0 Å². The molecule has 1 aliphatic rings. The van der Waals surface area contributed by atoms with E-state index in [4.69, 9.17) is 0 Å². The second-order valence-electron chi connectivity index (χ2n) is 5.48. The van der Waals surface area contributed by atoms with Crippen molar-refractivity contribution in [2.24, 2.45) is 0 Å². The van der Waals surface area contributed by atoms with Gasteiger partial charge in [-0.15, -0.1) is 0 Å². The maximum atomic E-state index is 3.61. The van der Waals surface area contributed by atoms with E-state index in [1.54, 1.807) is 0 Å². The van der Waals surface area contributed by atoms with Gasteiger partial charge in [-0.05, 0) is 44.5 Å². The molecule has 2 rings (SSSR count). The van der Waals surface area contributed by atoms with Crippen molar-refractivity contribution in [2.45, 2.75) is 26.8 Å². The summed E-state index contributed by atoms with van der Waals surface area (Å²) in [5, 5.41) is 2.35. The van der Waals surface area contributed by atoms with Crippen LogP contribution in [-0.2, 0) is 0 Å². The van der Waals surface area contributed by atoms with E-state index in [0.717, 1.165) is 26.2 Å². The number of hydrazine groups is 1. The second kappa shape index (κ2) is 5.83. The molecule has 0 saturated carbocycles. The molecule has 1 aromatic carbocycles. The molecule has 0 radical (unpaired) electrons. The van der Waals surface area contributed by atoms with Crippen molar-refractivity contribution in [1.82, 2.24) is 15.3 Å². The van der Waals surface area contributed by atoms with Crippen LogP contribution in [0.4, 0.5) is 0 Å². The maximum absolute atomic E-state index is 3.61. The highest BCUT2D eigenvalue weighted by Crippen LogP contribution is 2.17. The number of nitrogens with zero attached hydrogens (tertiary/aromatic N) is 2. The highest BCUT2D eigenvalue weighted by atomic mass is 15.5. The first-order valence-electron chi connectivity index (χ1n) is 6.83. The Hall–Kier alpha value is -0.900. The smallest absolute Gasteiger partial charge is 0.0436 e. The van der Waals surface area contributed by atoms with Gasteiger partial charge >= 0.3 is 0 Å². The summed E-state index contributed by atoms with van der Waals surface area (Å²) >= 11 is 0. The minimum Gasteiger partial charge on any atom is -0.304 e. The molecular weight excluding hydrogens is 222 g/mol. The van der Waals surface area contributed by atoms with Crippen molar-refractivity contribution >= 4 is 0 Å². The molecule has 0 aliphatic carbocycles. The molecule has 3 nitrogen and oxygen atoms in total. The molecule has 100 valence electrons. The van der Waals surface area contributed by atoms with Crippen LogP contribution in [0.15, 0.2) is 18.2 Å². The summed E-state index contributed by atoms with van der Waals surface area (Å²) in [7, 11) is 2.18. The lowest BCUT2D eigenvalue weighted by Gasteiger charge is -2.34. The van der Waals surface area contributed by atoms with Gasteiger partial charge in [0.05, 0.1) is 0 Å². The number of aryl methyl sites for hydroxylation is 2. The molecule has 1 aliphatic heterocycles. The number of hydrogen-bond donors (Lipinski definition) is 1. The average Bonchev–Trinajstić information content (AvgIpc) is 2.35. The van der Waals surface area contributed by atoms with Gasteiger partial charge in [0, 0.05) is 32.2 Å². The standard InChI is InChI=1S/C15H25N3/c1-12-5-6-15(11-13(12)2)14(3)16-18-9-7-17(4)8-10-18/h5-6,11,14,16H,7-10H2,1-4H3. The van der Waals surface area contributed by atoms with Crippen LogP contribution in [0.1, 0.15) is 29.7 Å². The van der Waals surface area contributed by atoms with Crippen molar-refractivity contribution in [1.29, 1.82) is 0 Å². The first-order chi connectivity index (χ1) is 8.56. The van der Waals surface area contributed by atoms with E-state index in [1.807, 2.05) is 0 Å². The van der Waals surface area contributed by atoms with Crippen molar-refractivity contribution in [3.05, 3.63) is 34.9 Å². The Morgan fingerprint density at radius 1 is 1.06 bits per heavy atom. The molecule has 1 aromatic rings. The zero-order chi connectivity index (χ0) is 13.1. The summed E-state index contributed by atoms with van der Waals surface area (Å²) in [5.41, 5.74) is 7.72. The molecule has 3 heteroatoms. The fraction of sp³-hybridized carbons (Fsp3) is 0.600. The van der Waals surface area contributed by atoms with Gasteiger partial charge < -0.3 is 4.90 Å². The molecule has 0 amide bonds. The van der Waals surface area contributed by atoms with Crippen LogP contribution in [0, 0.1) is 13.8 Å². The summed E-state index contributed by atoms with van der Waals surface area (Å²) in [4.78, 5) is 2.37. The zero-order valence-electron chi connectivity index (χ0n) is 12.0. The molecule has 1 fully saturated rings. The Bertz CT molecular complexity index is 395. The minimum atomic E-state index is 0.382. The van der Waals surface area contributed by atoms with Gasteiger partial charge in [-0.1, -0.05) is 18.2 Å².